The molecule has 10 amide bonds. The summed E-state index contributed by atoms with van der Waals surface area (Å²) in [5, 5.41) is 51.3. The number of carboxylic acids is 2. The molecule has 0 aliphatic heterocycles. The van der Waals surface area contributed by atoms with Gasteiger partial charge in [0.2, 0.25) is 59.1 Å². The lowest BCUT2D eigenvalue weighted by molar-refractivity contribution is -0.143. The highest BCUT2D eigenvalue weighted by Gasteiger charge is 2.36. The summed E-state index contributed by atoms with van der Waals surface area (Å²) < 4.78 is 0. The van der Waals surface area contributed by atoms with Gasteiger partial charge in [0, 0.05) is 19.5 Å². The maximum atomic E-state index is 14.4. The Bertz CT molecular complexity index is 2330. The number of carbonyl (C=O) groups is 12. The molecule has 0 aliphatic rings. The van der Waals surface area contributed by atoms with E-state index in [2.05, 4.69) is 57.8 Å². The van der Waals surface area contributed by atoms with Crippen LogP contribution in [-0.4, -0.2) is 210 Å². The van der Waals surface area contributed by atoms with E-state index in [1.807, 2.05) is 13.8 Å². The zero-order valence-electron chi connectivity index (χ0n) is 51.3. The first kappa shape index (κ1) is 81.3. The maximum Gasteiger partial charge on any atom is 0.328 e. The van der Waals surface area contributed by atoms with Crippen LogP contribution in [0.3, 0.4) is 0 Å². The molecule has 0 rings (SSSR count). The number of nitrogens with one attached hydrogen (secondary N) is 9. The van der Waals surface area contributed by atoms with Crippen molar-refractivity contribution in [1.82, 2.24) is 47.9 Å². The molecule has 0 aromatic rings. The predicted molar refractivity (Wildman–Crippen MR) is 332 cm³/mol. The van der Waals surface area contributed by atoms with Crippen molar-refractivity contribution in [1.29, 1.82) is 0 Å². The molecule has 0 unspecified atom stereocenters. The van der Waals surface area contributed by atoms with Crippen molar-refractivity contribution in [2.24, 2.45) is 67.5 Å². The number of hydrogen-bond acceptors (Lipinski definition) is 20. The molecule has 0 saturated carbocycles. The number of amides is 10. The van der Waals surface area contributed by atoms with Crippen molar-refractivity contribution in [2.45, 2.75) is 190 Å². The van der Waals surface area contributed by atoms with E-state index >= 15 is 0 Å². The molecule has 0 aromatic carbocycles. The van der Waals surface area contributed by atoms with Crippen LogP contribution in [0.25, 0.3) is 0 Å². The van der Waals surface area contributed by atoms with Gasteiger partial charge in [-0.05, 0) is 134 Å². The van der Waals surface area contributed by atoms with Crippen molar-refractivity contribution in [3.63, 3.8) is 0 Å². The average Bonchev–Trinajstić information content (AvgIpc) is 3.62. The Morgan fingerprint density at radius 1 is 0.427 bits per heavy atom. The smallest absolute Gasteiger partial charge is 0.328 e. The van der Waals surface area contributed by atoms with Crippen LogP contribution in [0.1, 0.15) is 129 Å². The lowest BCUT2D eigenvalue weighted by Crippen LogP contribution is -2.61. The van der Waals surface area contributed by atoms with E-state index in [4.69, 9.17) is 51.6 Å². The molecule has 89 heavy (non-hydrogen) atoms. The summed E-state index contributed by atoms with van der Waals surface area (Å²) in [6.07, 6.45) is 2.10. The number of nitrogens with two attached hydrogens (primary N) is 9. The molecule has 508 valence electrons. The van der Waals surface area contributed by atoms with Crippen molar-refractivity contribution < 1.29 is 72.9 Å². The summed E-state index contributed by atoms with van der Waals surface area (Å²) in [6, 6.07) is -14.8. The minimum atomic E-state index is -1.93. The molecule has 30 N–H and O–H groups in total. The summed E-state index contributed by atoms with van der Waals surface area (Å²) in [6.45, 7) is 3.32. The topological polar surface area (TPSA) is 633 Å². The lowest BCUT2D eigenvalue weighted by atomic mass is 10.0. The molecule has 0 saturated heterocycles. The molecule has 0 aliphatic carbocycles. The second-order valence-corrected chi connectivity index (χ2v) is 22.4. The monoisotopic (exact) mass is 1290 g/mol. The Kier molecular flexibility index (Phi) is 42.4. The molecule has 0 radical (unpaired) electrons. The number of carbonyl (C=O) groups excluding carboxylic acids is 10. The molecule has 36 heteroatoms. The van der Waals surface area contributed by atoms with E-state index in [0.717, 1.165) is 0 Å². The molecule has 0 heterocycles. The van der Waals surface area contributed by atoms with Crippen molar-refractivity contribution >= 4 is 94.7 Å². The second-order valence-electron chi connectivity index (χ2n) is 21.4. The Labute approximate surface area is 522 Å². The summed E-state index contributed by atoms with van der Waals surface area (Å²) in [5.41, 5.74) is 50.4. The third-order valence-corrected chi connectivity index (χ3v) is 14.0. The fourth-order valence-corrected chi connectivity index (χ4v) is 8.97. The highest BCUT2D eigenvalue weighted by molar-refractivity contribution is 7.98. The van der Waals surface area contributed by atoms with Crippen molar-refractivity contribution in [3.05, 3.63) is 0 Å². The van der Waals surface area contributed by atoms with Gasteiger partial charge in [0.05, 0.1) is 19.1 Å². The summed E-state index contributed by atoms with van der Waals surface area (Å²) >= 11 is 1.25. The van der Waals surface area contributed by atoms with E-state index in [1.54, 1.807) is 6.26 Å². The fraction of sp³-hybridized carbons (Fsp3) is 0.736. The minimum absolute atomic E-state index is 0.0128. The van der Waals surface area contributed by atoms with Crippen molar-refractivity contribution in [2.75, 3.05) is 51.3 Å². The maximum absolute atomic E-state index is 14.4. The van der Waals surface area contributed by atoms with E-state index in [1.165, 1.54) is 11.8 Å². The second kappa shape index (κ2) is 46.4. The van der Waals surface area contributed by atoms with Crippen LogP contribution in [0, 0.1) is 5.92 Å². The number of aliphatic hydroxyl groups excluding tert-OH is 1. The molecule has 35 nitrogen and oxygen atoms in total. The van der Waals surface area contributed by atoms with Crippen LogP contribution >= 0.6 is 11.8 Å². The van der Waals surface area contributed by atoms with E-state index in [9.17, 15) is 72.9 Å². The number of primary amides is 1. The number of aliphatic carboxylic acids is 2. The summed E-state index contributed by atoms with van der Waals surface area (Å²) in [5.74, 6) is -13.2. The Hall–Kier alpha value is -7.67. The summed E-state index contributed by atoms with van der Waals surface area (Å²) in [7, 11) is 0. The number of carboxylic acid groups (broad SMARTS) is 2. The minimum Gasteiger partial charge on any atom is -0.481 e. The Balaban J connectivity index is 7.16. The Morgan fingerprint density at radius 3 is 1.09 bits per heavy atom. The molecule has 0 bridgehead atoms. The quantitative estimate of drug-likeness (QED) is 0.0153. The summed E-state index contributed by atoms with van der Waals surface area (Å²) in [4.78, 5) is 169. The SMILES string of the molecule is CSCC[C@H](NC(=O)[C@H](CCCN=C(N)N)NC(=O)[C@H](CC(=O)O)NC(=O)[C@H](CCCCN)NC(=O)[C@H](CCCCN)NC(=O)[C@H](CC(C)C)NC(=O)[C@@H](N)CCCCN)C(=O)N[C@@H](CCC(N)=O)C(=O)N[C@@H](CCCN=C(N)N)C(=O)N[C@@H](CO)C(=O)O. The first-order valence-electron chi connectivity index (χ1n) is 29.6. The lowest BCUT2D eigenvalue weighted by Gasteiger charge is -2.28. The highest BCUT2D eigenvalue weighted by atomic mass is 32.2. The number of aliphatic imine (C=N–C) groups is 2. The molecular weight excluding hydrogens is 1190 g/mol. The first-order chi connectivity index (χ1) is 42.0. The number of rotatable bonds is 50. The third-order valence-electron chi connectivity index (χ3n) is 13.3. The van der Waals surface area contributed by atoms with Crippen LogP contribution < -0.4 is 99.5 Å². The highest BCUT2D eigenvalue weighted by Crippen LogP contribution is 2.13. The average molecular weight is 1290 g/mol. The third kappa shape index (κ3) is 36.4. The van der Waals surface area contributed by atoms with E-state index in [-0.39, 0.29) is 108 Å². The van der Waals surface area contributed by atoms with Gasteiger partial charge in [0.15, 0.2) is 11.9 Å². The van der Waals surface area contributed by atoms with Crippen LogP contribution in [0.5, 0.6) is 0 Å². The van der Waals surface area contributed by atoms with Gasteiger partial charge in [-0.1, -0.05) is 20.3 Å². The van der Waals surface area contributed by atoms with Gasteiger partial charge in [-0.2, -0.15) is 11.8 Å². The normalized spacial score (nSPS) is 14.4. The molecular formula is C53H100N20O15S. The number of aliphatic hydroxyl groups is 1. The van der Waals surface area contributed by atoms with Crippen molar-refractivity contribution in [3.8, 4) is 0 Å². The van der Waals surface area contributed by atoms with Crippen LogP contribution in [0.2, 0.25) is 0 Å². The van der Waals surface area contributed by atoms with Gasteiger partial charge in [0.1, 0.15) is 54.4 Å². The van der Waals surface area contributed by atoms with Gasteiger partial charge in [-0.3, -0.25) is 62.7 Å². The standard InChI is InChI=1S/C53H100N20O15S/c1-29(2)26-37(71-42(78)30(57)12-4-7-20-54)49(85)67-31(13-5-8-21-55)43(79)65-32(14-6-9-22-56)45(81)72-38(27-41(76)77)50(86)68-33(15-10-23-63-52(59)60)44(80)70-36(19-25-89-3)48(84)69-35(17-18-40(58)75)47(83)66-34(16-11-24-64-53(61)62)46(82)73-39(28-74)51(87)88/h29-39,74H,4-28,54-57H2,1-3H3,(H2,58,75)(H,65,79)(H,66,83)(H,67,85)(H,68,86)(H,69,84)(H,70,80)(H,71,78)(H,72,81)(H,73,82)(H,76,77)(H,87,88)(H4,59,60,63)(H4,61,62,64)/t30-,31-,32-,33-,34-,35-,36-,37-,38-,39-/m0/s1. The van der Waals surface area contributed by atoms with Gasteiger partial charge < -0.3 is 115 Å². The predicted octanol–water partition coefficient (Wildman–Crippen LogP) is -7.21. The van der Waals surface area contributed by atoms with E-state index in [0.29, 0.717) is 45.1 Å². The number of nitrogens with zero attached hydrogens (tertiary/aromatic N) is 2. The fourth-order valence-electron chi connectivity index (χ4n) is 8.50. The van der Waals surface area contributed by atoms with Crippen LogP contribution in [0.15, 0.2) is 9.98 Å². The zero-order valence-corrected chi connectivity index (χ0v) is 52.1. The van der Waals surface area contributed by atoms with Gasteiger partial charge >= 0.3 is 11.9 Å². The van der Waals surface area contributed by atoms with Crippen LogP contribution in [-0.2, 0) is 57.5 Å². The number of thioether (sulfide) groups is 1. The number of hydrogen-bond donors (Lipinski definition) is 21. The molecule has 0 aromatic heterocycles. The van der Waals surface area contributed by atoms with E-state index < -0.39 is 157 Å². The van der Waals surface area contributed by atoms with Crippen LogP contribution in [0.4, 0.5) is 0 Å². The van der Waals surface area contributed by atoms with Gasteiger partial charge in [0.25, 0.3) is 0 Å². The Morgan fingerprint density at radius 2 is 0.753 bits per heavy atom. The van der Waals surface area contributed by atoms with Gasteiger partial charge in [-0.25, -0.2) is 4.79 Å². The number of guanidine groups is 2. The molecule has 10 atom stereocenters. The molecule has 0 spiro atoms. The molecule has 0 fully saturated rings. The van der Waals surface area contributed by atoms with Gasteiger partial charge in [-0.15, -0.1) is 0 Å². The zero-order chi connectivity index (χ0) is 67.6. The number of unbranched alkanes of at least 4 members (excludes halogenated alkanes) is 3. The first-order valence-corrected chi connectivity index (χ1v) is 31.0. The largest absolute Gasteiger partial charge is 0.481 e.